The first kappa shape index (κ1) is 9.45. The van der Waals surface area contributed by atoms with Crippen molar-refractivity contribution in [2.75, 3.05) is 13.7 Å². The number of nitriles is 1. The van der Waals surface area contributed by atoms with E-state index < -0.39 is 0 Å². The maximum absolute atomic E-state index is 8.62. The summed E-state index contributed by atoms with van der Waals surface area (Å²) < 4.78 is 4.87. The highest BCUT2D eigenvalue weighted by Gasteiger charge is 2.10. The summed E-state index contributed by atoms with van der Waals surface area (Å²) in [6.45, 7) is 4.81. The van der Waals surface area contributed by atoms with Crippen molar-refractivity contribution in [1.82, 2.24) is 0 Å². The zero-order chi connectivity index (χ0) is 7.98. The van der Waals surface area contributed by atoms with Crippen LogP contribution >= 0.6 is 0 Å². The lowest BCUT2D eigenvalue weighted by Gasteiger charge is -2.10. The van der Waals surface area contributed by atoms with Crippen molar-refractivity contribution in [3.8, 4) is 6.07 Å². The predicted molar refractivity (Wildman–Crippen MR) is 40.4 cm³/mol. The van der Waals surface area contributed by atoms with Gasteiger partial charge in [0.25, 0.3) is 0 Å². The second kappa shape index (κ2) is 5.25. The normalized spacial score (nSPS) is 13.1. The second-order valence-electron chi connectivity index (χ2n) is 2.76. The van der Waals surface area contributed by atoms with Gasteiger partial charge in [0.05, 0.1) is 12.0 Å². The summed E-state index contributed by atoms with van der Waals surface area (Å²) in [6.07, 6.45) is 0.852. The van der Waals surface area contributed by atoms with Gasteiger partial charge in [-0.2, -0.15) is 5.26 Å². The standard InChI is InChI=1S/C8H15NO/c1-7(2)8(6-9)4-5-10-3/h7-8H,4-5H2,1-3H3. The van der Waals surface area contributed by atoms with Crippen molar-refractivity contribution in [2.24, 2.45) is 11.8 Å². The Morgan fingerprint density at radius 1 is 1.50 bits per heavy atom. The van der Waals surface area contributed by atoms with E-state index in [1.165, 1.54) is 0 Å². The smallest absolute Gasteiger partial charge is 0.0659 e. The molecule has 0 aliphatic heterocycles. The maximum Gasteiger partial charge on any atom is 0.0659 e. The molecule has 2 heteroatoms. The first-order valence-electron chi connectivity index (χ1n) is 3.61. The van der Waals surface area contributed by atoms with Crippen LogP contribution in [0.2, 0.25) is 0 Å². The Balaban J connectivity index is 3.53. The molecular weight excluding hydrogens is 126 g/mol. The van der Waals surface area contributed by atoms with Gasteiger partial charge in [0, 0.05) is 13.7 Å². The predicted octanol–water partition coefficient (Wildman–Crippen LogP) is 1.82. The average molecular weight is 141 g/mol. The van der Waals surface area contributed by atoms with Crippen molar-refractivity contribution < 1.29 is 4.74 Å². The highest BCUT2D eigenvalue weighted by Crippen LogP contribution is 2.13. The lowest BCUT2D eigenvalue weighted by atomic mass is 9.95. The Hall–Kier alpha value is -0.550. The highest BCUT2D eigenvalue weighted by molar-refractivity contribution is 4.84. The Bertz CT molecular complexity index is 115. The van der Waals surface area contributed by atoms with Gasteiger partial charge in [-0.05, 0) is 12.3 Å². The van der Waals surface area contributed by atoms with Gasteiger partial charge in [-0.25, -0.2) is 0 Å². The minimum absolute atomic E-state index is 0.153. The van der Waals surface area contributed by atoms with Gasteiger partial charge < -0.3 is 4.74 Å². The molecule has 1 unspecified atom stereocenters. The average Bonchev–Trinajstić information content (AvgIpc) is 1.89. The van der Waals surface area contributed by atoms with Gasteiger partial charge in [0.15, 0.2) is 0 Å². The largest absolute Gasteiger partial charge is 0.385 e. The third kappa shape index (κ3) is 3.47. The topological polar surface area (TPSA) is 33.0 Å². The van der Waals surface area contributed by atoms with Gasteiger partial charge in [-0.1, -0.05) is 13.8 Å². The molecule has 0 aromatic heterocycles. The quantitative estimate of drug-likeness (QED) is 0.598. The summed E-state index contributed by atoms with van der Waals surface area (Å²) >= 11 is 0. The summed E-state index contributed by atoms with van der Waals surface area (Å²) in [6, 6.07) is 2.26. The van der Waals surface area contributed by atoms with E-state index in [0.29, 0.717) is 12.5 Å². The molecule has 0 saturated carbocycles. The van der Waals surface area contributed by atoms with Crippen molar-refractivity contribution in [3.63, 3.8) is 0 Å². The van der Waals surface area contributed by atoms with E-state index in [2.05, 4.69) is 19.9 Å². The molecule has 0 aromatic carbocycles. The monoisotopic (exact) mass is 141 g/mol. The number of rotatable bonds is 4. The van der Waals surface area contributed by atoms with Gasteiger partial charge in [-0.3, -0.25) is 0 Å². The molecule has 1 atom stereocenters. The van der Waals surface area contributed by atoms with Gasteiger partial charge in [0.2, 0.25) is 0 Å². The van der Waals surface area contributed by atoms with Crippen LogP contribution in [0.1, 0.15) is 20.3 Å². The first-order chi connectivity index (χ1) is 4.72. The Kier molecular flexibility index (Phi) is 4.96. The van der Waals surface area contributed by atoms with Crippen LogP contribution in [0, 0.1) is 23.2 Å². The van der Waals surface area contributed by atoms with Gasteiger partial charge in [0.1, 0.15) is 0 Å². The van der Waals surface area contributed by atoms with Crippen LogP contribution in [0.5, 0.6) is 0 Å². The molecule has 0 spiro atoms. The van der Waals surface area contributed by atoms with E-state index in [9.17, 15) is 0 Å². The molecule has 0 aromatic rings. The number of hydrogen-bond acceptors (Lipinski definition) is 2. The molecule has 2 nitrogen and oxygen atoms in total. The maximum atomic E-state index is 8.62. The van der Waals surface area contributed by atoms with E-state index in [-0.39, 0.29) is 5.92 Å². The van der Waals surface area contributed by atoms with Gasteiger partial charge in [-0.15, -0.1) is 0 Å². The number of hydrogen-bond donors (Lipinski definition) is 0. The molecule has 0 bridgehead atoms. The molecule has 0 N–H and O–H groups in total. The van der Waals surface area contributed by atoms with E-state index in [1.54, 1.807) is 7.11 Å². The molecule has 0 amide bonds. The second-order valence-corrected chi connectivity index (χ2v) is 2.76. The SMILES string of the molecule is COCCC(C#N)C(C)C. The summed E-state index contributed by atoms with van der Waals surface area (Å²) in [7, 11) is 1.66. The molecule has 10 heavy (non-hydrogen) atoms. The fourth-order valence-corrected chi connectivity index (χ4v) is 0.792. The molecule has 0 fully saturated rings. The summed E-state index contributed by atoms with van der Waals surface area (Å²) in [4.78, 5) is 0. The Morgan fingerprint density at radius 3 is 2.40 bits per heavy atom. The molecule has 0 aliphatic carbocycles. The molecule has 0 heterocycles. The van der Waals surface area contributed by atoms with Crippen LogP contribution in [0.4, 0.5) is 0 Å². The van der Waals surface area contributed by atoms with Crippen molar-refractivity contribution >= 4 is 0 Å². The molecule has 0 rings (SSSR count). The van der Waals surface area contributed by atoms with Crippen molar-refractivity contribution in [1.29, 1.82) is 5.26 Å². The van der Waals surface area contributed by atoms with Crippen molar-refractivity contribution in [3.05, 3.63) is 0 Å². The highest BCUT2D eigenvalue weighted by atomic mass is 16.5. The lowest BCUT2D eigenvalue weighted by Crippen LogP contribution is -2.08. The summed E-state index contributed by atoms with van der Waals surface area (Å²) in [5.41, 5.74) is 0. The lowest BCUT2D eigenvalue weighted by molar-refractivity contribution is 0.177. The molecule has 0 aliphatic rings. The molecular formula is C8H15NO. The van der Waals surface area contributed by atoms with E-state index in [1.807, 2.05) is 0 Å². The van der Waals surface area contributed by atoms with Crippen molar-refractivity contribution in [2.45, 2.75) is 20.3 Å². The molecule has 58 valence electrons. The van der Waals surface area contributed by atoms with Crippen LogP contribution in [0.25, 0.3) is 0 Å². The van der Waals surface area contributed by atoms with E-state index >= 15 is 0 Å². The summed E-state index contributed by atoms with van der Waals surface area (Å²) in [5, 5.41) is 8.62. The number of ether oxygens (including phenoxy) is 1. The Labute approximate surface area is 62.8 Å². The number of methoxy groups -OCH3 is 1. The zero-order valence-electron chi connectivity index (χ0n) is 6.92. The molecule has 0 radical (unpaired) electrons. The van der Waals surface area contributed by atoms with Crippen LogP contribution < -0.4 is 0 Å². The minimum Gasteiger partial charge on any atom is -0.385 e. The van der Waals surface area contributed by atoms with Crippen LogP contribution in [-0.2, 0) is 4.74 Å². The van der Waals surface area contributed by atoms with E-state index in [4.69, 9.17) is 10.00 Å². The van der Waals surface area contributed by atoms with Crippen LogP contribution in [0.15, 0.2) is 0 Å². The van der Waals surface area contributed by atoms with E-state index in [0.717, 1.165) is 6.42 Å². The summed E-state index contributed by atoms with van der Waals surface area (Å²) in [5.74, 6) is 0.597. The first-order valence-corrected chi connectivity index (χ1v) is 3.61. The zero-order valence-corrected chi connectivity index (χ0v) is 6.92. The van der Waals surface area contributed by atoms with Gasteiger partial charge >= 0.3 is 0 Å². The number of nitrogens with zero attached hydrogens (tertiary/aromatic N) is 1. The van der Waals surface area contributed by atoms with Crippen LogP contribution in [0.3, 0.4) is 0 Å². The minimum atomic E-state index is 0.153. The molecule has 0 saturated heterocycles. The third-order valence-corrected chi connectivity index (χ3v) is 1.60. The fraction of sp³-hybridized carbons (Fsp3) is 0.875. The third-order valence-electron chi connectivity index (χ3n) is 1.60. The Morgan fingerprint density at radius 2 is 2.10 bits per heavy atom. The van der Waals surface area contributed by atoms with Crippen LogP contribution in [-0.4, -0.2) is 13.7 Å². The fourth-order valence-electron chi connectivity index (χ4n) is 0.792.